The summed E-state index contributed by atoms with van der Waals surface area (Å²) in [5.74, 6) is 0.348. The summed E-state index contributed by atoms with van der Waals surface area (Å²) in [5, 5.41) is 39.6. The fourth-order valence-electron chi connectivity index (χ4n) is 4.20. The molecule has 4 rings (SSSR count). The van der Waals surface area contributed by atoms with Gasteiger partial charge in [0, 0.05) is 10.8 Å². The van der Waals surface area contributed by atoms with E-state index in [1.54, 1.807) is 0 Å². The van der Waals surface area contributed by atoms with Crippen LogP contribution in [0, 0.1) is 0 Å². The first-order valence-electron chi connectivity index (χ1n) is 9.73. The summed E-state index contributed by atoms with van der Waals surface area (Å²) in [6, 6.07) is 16.8. The molecule has 28 heavy (non-hydrogen) atoms. The second-order valence-electron chi connectivity index (χ2n) is 7.53. The summed E-state index contributed by atoms with van der Waals surface area (Å²) in [7, 11) is 0. The summed E-state index contributed by atoms with van der Waals surface area (Å²) in [6.45, 7) is -0.416. The van der Waals surface area contributed by atoms with Crippen molar-refractivity contribution < 1.29 is 25.2 Å². The lowest BCUT2D eigenvalue weighted by molar-refractivity contribution is -0.205. The monoisotopic (exact) mass is 402 g/mol. The average molecular weight is 403 g/mol. The van der Waals surface area contributed by atoms with Crippen LogP contribution in [-0.2, 0) is 11.2 Å². The lowest BCUT2D eigenvalue weighted by atomic mass is 9.79. The number of ether oxygens (including phenoxy) is 1. The molecule has 0 amide bonds. The molecule has 2 aliphatic rings. The van der Waals surface area contributed by atoms with E-state index >= 15 is 0 Å². The Kier molecular flexibility index (Phi) is 6.06. The molecule has 4 N–H and O–H groups in total. The molecular formula is C22H26O5S. The molecule has 0 spiro atoms. The van der Waals surface area contributed by atoms with E-state index in [0.29, 0.717) is 5.92 Å². The SMILES string of the molecule is OCC1OC(Sc2cccc(C3CCCc4ccccc43)c2)C(O)C(O)C1O. The lowest BCUT2D eigenvalue weighted by Crippen LogP contribution is -2.57. The quantitative estimate of drug-likeness (QED) is 0.626. The second-order valence-corrected chi connectivity index (χ2v) is 8.70. The number of aliphatic hydroxyl groups excluding tert-OH is 4. The first-order valence-corrected chi connectivity index (χ1v) is 10.6. The van der Waals surface area contributed by atoms with E-state index in [0.717, 1.165) is 24.2 Å². The van der Waals surface area contributed by atoms with Crippen molar-refractivity contribution in [2.75, 3.05) is 6.61 Å². The highest BCUT2D eigenvalue weighted by Crippen LogP contribution is 2.39. The van der Waals surface area contributed by atoms with E-state index in [1.165, 1.54) is 28.5 Å². The van der Waals surface area contributed by atoms with Crippen LogP contribution in [0.5, 0.6) is 0 Å². The van der Waals surface area contributed by atoms with Crippen LogP contribution in [0.15, 0.2) is 53.4 Å². The van der Waals surface area contributed by atoms with Crippen LogP contribution < -0.4 is 0 Å². The van der Waals surface area contributed by atoms with Crippen LogP contribution >= 0.6 is 11.8 Å². The van der Waals surface area contributed by atoms with Crippen molar-refractivity contribution in [1.82, 2.24) is 0 Å². The van der Waals surface area contributed by atoms with Gasteiger partial charge in [-0.3, -0.25) is 0 Å². The molecule has 0 radical (unpaired) electrons. The van der Waals surface area contributed by atoms with Crippen molar-refractivity contribution in [1.29, 1.82) is 0 Å². The Balaban J connectivity index is 1.55. The maximum atomic E-state index is 10.3. The molecule has 1 heterocycles. The van der Waals surface area contributed by atoms with Gasteiger partial charge in [-0.25, -0.2) is 0 Å². The number of benzene rings is 2. The summed E-state index contributed by atoms with van der Waals surface area (Å²) >= 11 is 1.30. The Labute approximate surface area is 169 Å². The van der Waals surface area contributed by atoms with E-state index < -0.39 is 36.5 Å². The highest BCUT2D eigenvalue weighted by Gasteiger charge is 2.43. The van der Waals surface area contributed by atoms with Gasteiger partial charge >= 0.3 is 0 Å². The first-order chi connectivity index (χ1) is 13.6. The molecule has 6 atom stereocenters. The van der Waals surface area contributed by atoms with Gasteiger partial charge in [-0.15, -0.1) is 0 Å². The van der Waals surface area contributed by atoms with Gasteiger partial charge in [0.2, 0.25) is 0 Å². The highest BCUT2D eigenvalue weighted by molar-refractivity contribution is 7.99. The molecule has 6 unspecified atom stereocenters. The molecule has 0 aromatic heterocycles. The van der Waals surface area contributed by atoms with Crippen LogP contribution in [0.4, 0.5) is 0 Å². The Morgan fingerprint density at radius 3 is 2.61 bits per heavy atom. The van der Waals surface area contributed by atoms with Crippen molar-refractivity contribution in [3.05, 3.63) is 65.2 Å². The number of hydrogen-bond donors (Lipinski definition) is 4. The third kappa shape index (κ3) is 3.85. The van der Waals surface area contributed by atoms with E-state index in [2.05, 4.69) is 36.4 Å². The molecule has 1 aliphatic heterocycles. The van der Waals surface area contributed by atoms with Gasteiger partial charge < -0.3 is 25.2 Å². The lowest BCUT2D eigenvalue weighted by Gasteiger charge is -2.39. The van der Waals surface area contributed by atoms with Gasteiger partial charge in [-0.1, -0.05) is 48.2 Å². The Bertz CT molecular complexity index is 811. The maximum absolute atomic E-state index is 10.3. The molecule has 0 bridgehead atoms. The van der Waals surface area contributed by atoms with Crippen molar-refractivity contribution >= 4 is 11.8 Å². The van der Waals surface area contributed by atoms with Gasteiger partial charge in [0.1, 0.15) is 29.9 Å². The fraction of sp³-hybridized carbons (Fsp3) is 0.455. The van der Waals surface area contributed by atoms with E-state index in [1.807, 2.05) is 12.1 Å². The van der Waals surface area contributed by atoms with Crippen LogP contribution in [0.3, 0.4) is 0 Å². The molecule has 5 nitrogen and oxygen atoms in total. The Morgan fingerprint density at radius 2 is 1.79 bits per heavy atom. The van der Waals surface area contributed by atoms with Gasteiger partial charge in [0.15, 0.2) is 0 Å². The van der Waals surface area contributed by atoms with Crippen LogP contribution in [0.1, 0.15) is 35.4 Å². The zero-order valence-corrected chi connectivity index (χ0v) is 16.3. The largest absolute Gasteiger partial charge is 0.394 e. The van der Waals surface area contributed by atoms with E-state index in [4.69, 9.17) is 4.74 Å². The van der Waals surface area contributed by atoms with Gasteiger partial charge in [0.05, 0.1) is 6.61 Å². The molecule has 1 saturated heterocycles. The number of thioether (sulfide) groups is 1. The number of aryl methyl sites for hydroxylation is 1. The molecule has 1 aliphatic carbocycles. The van der Waals surface area contributed by atoms with Gasteiger partial charge in [-0.2, -0.15) is 0 Å². The molecular weight excluding hydrogens is 376 g/mol. The topological polar surface area (TPSA) is 90.2 Å². The first kappa shape index (κ1) is 19.9. The predicted octanol–water partition coefficient (Wildman–Crippen LogP) is 2.05. The average Bonchev–Trinajstić information content (AvgIpc) is 2.74. The minimum absolute atomic E-state index is 0.348. The molecule has 0 saturated carbocycles. The number of fused-ring (bicyclic) bond motifs is 1. The summed E-state index contributed by atoms with van der Waals surface area (Å²) in [5.41, 5.74) is 3.25. The van der Waals surface area contributed by atoms with E-state index in [-0.39, 0.29) is 0 Å². The minimum atomic E-state index is -1.35. The molecule has 2 aromatic rings. The number of aliphatic hydroxyl groups is 4. The normalized spacial score (nSPS) is 32.7. The molecule has 1 fully saturated rings. The summed E-state index contributed by atoms with van der Waals surface area (Å²) in [6.07, 6.45) is -1.42. The van der Waals surface area contributed by atoms with Gasteiger partial charge in [0.25, 0.3) is 0 Å². The standard InChI is InChI=1S/C22H26O5S/c23-12-18-19(24)20(25)21(26)22(27-18)28-15-8-3-7-14(11-15)17-10-4-6-13-5-1-2-9-16(13)17/h1-3,5,7-9,11,17-26H,4,6,10,12H2. The Hall–Kier alpha value is -1.41. The van der Waals surface area contributed by atoms with Crippen LogP contribution in [0.2, 0.25) is 0 Å². The van der Waals surface area contributed by atoms with E-state index in [9.17, 15) is 20.4 Å². The molecule has 6 heteroatoms. The Morgan fingerprint density at radius 1 is 0.964 bits per heavy atom. The smallest absolute Gasteiger partial charge is 0.136 e. The van der Waals surface area contributed by atoms with Crippen molar-refractivity contribution in [2.24, 2.45) is 0 Å². The fourth-order valence-corrected chi connectivity index (χ4v) is 5.33. The molecule has 150 valence electrons. The highest BCUT2D eigenvalue weighted by atomic mass is 32.2. The number of hydrogen-bond acceptors (Lipinski definition) is 6. The maximum Gasteiger partial charge on any atom is 0.136 e. The number of rotatable bonds is 4. The third-order valence-corrected chi connectivity index (χ3v) is 6.88. The summed E-state index contributed by atoms with van der Waals surface area (Å²) < 4.78 is 5.63. The van der Waals surface area contributed by atoms with Gasteiger partial charge in [-0.05, 0) is 48.1 Å². The van der Waals surface area contributed by atoms with Crippen molar-refractivity contribution in [3.63, 3.8) is 0 Å². The third-order valence-electron chi connectivity index (χ3n) is 5.73. The zero-order chi connectivity index (χ0) is 19.7. The predicted molar refractivity (Wildman–Crippen MR) is 107 cm³/mol. The minimum Gasteiger partial charge on any atom is -0.394 e. The zero-order valence-electron chi connectivity index (χ0n) is 15.5. The van der Waals surface area contributed by atoms with Crippen molar-refractivity contribution in [2.45, 2.75) is 59.9 Å². The summed E-state index contributed by atoms with van der Waals surface area (Å²) in [4.78, 5) is 0.921. The van der Waals surface area contributed by atoms with Crippen LogP contribution in [-0.4, -0.2) is 56.9 Å². The van der Waals surface area contributed by atoms with Crippen molar-refractivity contribution in [3.8, 4) is 0 Å². The van der Waals surface area contributed by atoms with Crippen LogP contribution in [0.25, 0.3) is 0 Å². The second kappa shape index (κ2) is 8.53. The molecule has 2 aromatic carbocycles.